The van der Waals surface area contributed by atoms with Crippen LogP contribution in [0.2, 0.25) is 0 Å². The Bertz CT molecular complexity index is 486. The molecule has 21 heavy (non-hydrogen) atoms. The summed E-state index contributed by atoms with van der Waals surface area (Å²) < 4.78 is 10.8. The highest BCUT2D eigenvalue weighted by molar-refractivity contribution is 9.10. The van der Waals surface area contributed by atoms with Crippen LogP contribution < -0.4 is 10.6 Å². The van der Waals surface area contributed by atoms with Crippen LogP contribution in [0.3, 0.4) is 0 Å². The lowest BCUT2D eigenvalue weighted by Gasteiger charge is -2.26. The van der Waals surface area contributed by atoms with Crippen molar-refractivity contribution in [3.05, 3.63) is 22.6 Å². The van der Waals surface area contributed by atoms with Crippen molar-refractivity contribution in [2.75, 3.05) is 45.9 Å². The SMILES string of the molecule is O=C(CNC(=O)c1ccc(Br)o1)NCCN1CCOCC1. The van der Waals surface area contributed by atoms with Gasteiger partial charge in [0.15, 0.2) is 10.4 Å². The summed E-state index contributed by atoms with van der Waals surface area (Å²) >= 11 is 3.11. The van der Waals surface area contributed by atoms with Crippen molar-refractivity contribution in [2.24, 2.45) is 0 Å². The molecule has 0 atom stereocenters. The molecule has 8 heteroatoms. The van der Waals surface area contributed by atoms with E-state index in [4.69, 9.17) is 9.15 Å². The predicted octanol–water partition coefficient (Wildman–Crippen LogP) is 0.220. The van der Waals surface area contributed by atoms with Crippen molar-refractivity contribution in [1.29, 1.82) is 0 Å². The number of hydrogen-bond donors (Lipinski definition) is 2. The minimum atomic E-state index is -0.413. The van der Waals surface area contributed by atoms with E-state index in [1.165, 1.54) is 6.07 Å². The van der Waals surface area contributed by atoms with Crippen LogP contribution in [0.1, 0.15) is 10.6 Å². The maximum absolute atomic E-state index is 11.7. The van der Waals surface area contributed by atoms with E-state index in [1.54, 1.807) is 6.07 Å². The minimum absolute atomic E-state index is 0.0692. The van der Waals surface area contributed by atoms with E-state index in [0.717, 1.165) is 32.8 Å². The first-order chi connectivity index (χ1) is 10.1. The number of furan rings is 1. The van der Waals surface area contributed by atoms with Crippen molar-refractivity contribution in [1.82, 2.24) is 15.5 Å². The number of carbonyl (C=O) groups is 2. The summed E-state index contributed by atoms with van der Waals surface area (Å²) in [5.41, 5.74) is 0. The largest absolute Gasteiger partial charge is 0.444 e. The summed E-state index contributed by atoms with van der Waals surface area (Å²) in [7, 11) is 0. The first-order valence-electron chi connectivity index (χ1n) is 6.75. The topological polar surface area (TPSA) is 83.8 Å². The highest BCUT2D eigenvalue weighted by Crippen LogP contribution is 2.13. The van der Waals surface area contributed by atoms with Crippen LogP contribution in [0.25, 0.3) is 0 Å². The Morgan fingerprint density at radius 1 is 1.24 bits per heavy atom. The molecule has 1 saturated heterocycles. The first kappa shape index (κ1) is 16.0. The number of nitrogens with zero attached hydrogens (tertiary/aromatic N) is 1. The molecule has 1 aliphatic heterocycles. The van der Waals surface area contributed by atoms with Crippen molar-refractivity contribution in [2.45, 2.75) is 0 Å². The summed E-state index contributed by atoms with van der Waals surface area (Å²) in [6.07, 6.45) is 0. The average Bonchev–Trinajstić information content (AvgIpc) is 2.92. The molecule has 0 aliphatic carbocycles. The van der Waals surface area contributed by atoms with E-state index < -0.39 is 5.91 Å². The van der Waals surface area contributed by atoms with Crippen molar-refractivity contribution < 1.29 is 18.7 Å². The Morgan fingerprint density at radius 3 is 2.67 bits per heavy atom. The molecule has 0 spiro atoms. The van der Waals surface area contributed by atoms with Crippen LogP contribution in [-0.4, -0.2) is 62.7 Å². The first-order valence-corrected chi connectivity index (χ1v) is 7.55. The zero-order valence-corrected chi connectivity index (χ0v) is 13.1. The number of hydrogen-bond acceptors (Lipinski definition) is 5. The Kier molecular flexibility index (Phi) is 6.21. The van der Waals surface area contributed by atoms with Crippen LogP contribution in [0.4, 0.5) is 0 Å². The summed E-state index contributed by atoms with van der Waals surface area (Å²) in [5.74, 6) is -0.464. The van der Waals surface area contributed by atoms with E-state index in [2.05, 4.69) is 31.5 Å². The van der Waals surface area contributed by atoms with Gasteiger partial charge in [-0.1, -0.05) is 0 Å². The zero-order valence-electron chi connectivity index (χ0n) is 11.6. The van der Waals surface area contributed by atoms with Gasteiger partial charge in [-0.05, 0) is 28.1 Å². The molecule has 0 radical (unpaired) electrons. The van der Waals surface area contributed by atoms with E-state index in [1.807, 2.05) is 0 Å². The van der Waals surface area contributed by atoms with Gasteiger partial charge in [-0.2, -0.15) is 0 Å². The Morgan fingerprint density at radius 2 is 2.00 bits per heavy atom. The van der Waals surface area contributed by atoms with E-state index in [0.29, 0.717) is 11.2 Å². The molecule has 2 rings (SSSR count). The van der Waals surface area contributed by atoms with Crippen molar-refractivity contribution in [3.63, 3.8) is 0 Å². The molecule has 1 aromatic heterocycles. The van der Waals surface area contributed by atoms with Crippen LogP contribution in [0, 0.1) is 0 Å². The molecule has 2 amide bonds. The van der Waals surface area contributed by atoms with Crippen molar-refractivity contribution in [3.8, 4) is 0 Å². The normalized spacial score (nSPS) is 15.7. The molecule has 7 nitrogen and oxygen atoms in total. The maximum Gasteiger partial charge on any atom is 0.287 e. The van der Waals surface area contributed by atoms with E-state index in [9.17, 15) is 9.59 Å². The highest BCUT2D eigenvalue weighted by Gasteiger charge is 2.12. The summed E-state index contributed by atoms with van der Waals surface area (Å²) in [5, 5.41) is 5.27. The minimum Gasteiger partial charge on any atom is -0.444 e. The molecule has 1 aliphatic rings. The second-order valence-electron chi connectivity index (χ2n) is 4.59. The highest BCUT2D eigenvalue weighted by atomic mass is 79.9. The third-order valence-corrected chi connectivity index (χ3v) is 3.49. The van der Waals surface area contributed by atoms with Crippen LogP contribution in [0.15, 0.2) is 21.2 Å². The fourth-order valence-electron chi connectivity index (χ4n) is 1.92. The van der Waals surface area contributed by atoms with Crippen LogP contribution in [0.5, 0.6) is 0 Å². The Labute approximate surface area is 131 Å². The van der Waals surface area contributed by atoms with E-state index >= 15 is 0 Å². The molecule has 2 heterocycles. The number of ether oxygens (including phenoxy) is 1. The van der Waals surface area contributed by atoms with Gasteiger partial charge in [-0.15, -0.1) is 0 Å². The lowest BCUT2D eigenvalue weighted by molar-refractivity contribution is -0.120. The molecular formula is C13H18BrN3O4. The number of rotatable bonds is 6. The third-order valence-electron chi connectivity index (χ3n) is 3.06. The summed E-state index contributed by atoms with van der Waals surface area (Å²) in [4.78, 5) is 25.5. The van der Waals surface area contributed by atoms with Crippen LogP contribution in [-0.2, 0) is 9.53 Å². The predicted molar refractivity (Wildman–Crippen MR) is 79.0 cm³/mol. The molecule has 2 N–H and O–H groups in total. The monoisotopic (exact) mass is 359 g/mol. The molecule has 0 saturated carbocycles. The molecule has 0 bridgehead atoms. The smallest absolute Gasteiger partial charge is 0.287 e. The van der Waals surface area contributed by atoms with Gasteiger partial charge in [0.2, 0.25) is 5.91 Å². The third kappa shape index (κ3) is 5.49. The van der Waals surface area contributed by atoms with Gasteiger partial charge < -0.3 is 19.8 Å². The van der Waals surface area contributed by atoms with Gasteiger partial charge in [-0.25, -0.2) is 0 Å². The molecule has 0 unspecified atom stereocenters. The molecular weight excluding hydrogens is 342 g/mol. The zero-order chi connectivity index (χ0) is 15.1. The lowest BCUT2D eigenvalue weighted by Crippen LogP contribution is -2.43. The van der Waals surface area contributed by atoms with Gasteiger partial charge in [0.25, 0.3) is 5.91 Å². The van der Waals surface area contributed by atoms with Crippen molar-refractivity contribution >= 4 is 27.7 Å². The number of nitrogens with one attached hydrogen (secondary N) is 2. The molecule has 1 fully saturated rings. The number of morpholine rings is 1. The van der Waals surface area contributed by atoms with Gasteiger partial charge in [0, 0.05) is 26.2 Å². The summed E-state index contributed by atoms with van der Waals surface area (Å²) in [6, 6.07) is 3.16. The lowest BCUT2D eigenvalue weighted by atomic mass is 10.4. The van der Waals surface area contributed by atoms with E-state index in [-0.39, 0.29) is 18.2 Å². The summed E-state index contributed by atoms with van der Waals surface area (Å²) in [6.45, 7) is 4.53. The average molecular weight is 360 g/mol. The number of halogens is 1. The number of amides is 2. The Balaban J connectivity index is 1.60. The Hall–Kier alpha value is -1.38. The molecule has 1 aromatic rings. The quantitative estimate of drug-likeness (QED) is 0.759. The standard InChI is InChI=1S/C13H18BrN3O4/c14-11-2-1-10(21-11)13(19)16-9-12(18)15-3-4-17-5-7-20-8-6-17/h1-2H,3-9H2,(H,15,18)(H,16,19). The van der Waals surface area contributed by atoms with Gasteiger partial charge in [0.05, 0.1) is 19.8 Å². The molecule has 116 valence electrons. The maximum atomic E-state index is 11.7. The fraction of sp³-hybridized carbons (Fsp3) is 0.538. The second-order valence-corrected chi connectivity index (χ2v) is 5.37. The van der Waals surface area contributed by atoms with Gasteiger partial charge in [-0.3, -0.25) is 14.5 Å². The number of carbonyl (C=O) groups excluding carboxylic acids is 2. The van der Waals surface area contributed by atoms with Gasteiger partial charge >= 0.3 is 0 Å². The van der Waals surface area contributed by atoms with Gasteiger partial charge in [0.1, 0.15) is 0 Å². The van der Waals surface area contributed by atoms with Crippen LogP contribution >= 0.6 is 15.9 Å². The second kappa shape index (κ2) is 8.16. The molecule has 0 aromatic carbocycles. The fourth-order valence-corrected chi connectivity index (χ4v) is 2.23.